The van der Waals surface area contributed by atoms with Crippen molar-refractivity contribution in [1.82, 2.24) is 4.90 Å². The van der Waals surface area contributed by atoms with Crippen molar-refractivity contribution in [3.05, 3.63) is 35.9 Å². The van der Waals surface area contributed by atoms with E-state index in [-0.39, 0.29) is 35.8 Å². The molecule has 1 aliphatic heterocycles. The summed E-state index contributed by atoms with van der Waals surface area (Å²) in [5.41, 5.74) is 0.183. The summed E-state index contributed by atoms with van der Waals surface area (Å²) >= 11 is 0. The number of carbonyl (C=O) groups is 3. The molecule has 0 spiro atoms. The number of carbonyl (C=O) groups excluding carboxylic acids is 3. The molecule has 0 saturated carbocycles. The van der Waals surface area contributed by atoms with Crippen LogP contribution in [0.25, 0.3) is 0 Å². The first-order valence-corrected chi connectivity index (χ1v) is 14.4. The second kappa shape index (κ2) is 9.87. The highest BCUT2D eigenvalue weighted by atomic mass is 28.4. The first-order chi connectivity index (χ1) is 14.7. The number of nitrogens with zero attached hydrogens (tertiary/aromatic N) is 1. The topological polar surface area (TPSA) is 72.9 Å². The fourth-order valence-corrected chi connectivity index (χ4v) is 5.11. The van der Waals surface area contributed by atoms with E-state index in [2.05, 4.69) is 33.9 Å². The molecule has 6 nitrogen and oxygen atoms in total. The molecule has 32 heavy (non-hydrogen) atoms. The van der Waals surface area contributed by atoms with Crippen molar-refractivity contribution >= 4 is 26.1 Å². The molecule has 1 aromatic rings. The van der Waals surface area contributed by atoms with Crippen molar-refractivity contribution in [2.45, 2.75) is 91.1 Å². The highest BCUT2D eigenvalue weighted by Gasteiger charge is 2.47. The Bertz CT molecular complexity index is 828. The second-order valence-electron chi connectivity index (χ2n) is 10.8. The molecule has 2 rings (SSSR count). The number of Topliss-reactive ketones (excluding diaryl/α,β-unsaturated/α-hetero) is 1. The van der Waals surface area contributed by atoms with Gasteiger partial charge in [-0.05, 0) is 30.1 Å². The van der Waals surface area contributed by atoms with Crippen LogP contribution in [0.1, 0.15) is 59.9 Å². The first kappa shape index (κ1) is 26.3. The lowest BCUT2D eigenvalue weighted by atomic mass is 9.79. The molecule has 1 fully saturated rings. The summed E-state index contributed by atoms with van der Waals surface area (Å²) in [6.07, 6.45) is -0.383. The molecule has 0 aliphatic carbocycles. The van der Waals surface area contributed by atoms with Gasteiger partial charge in [0.25, 0.3) is 0 Å². The van der Waals surface area contributed by atoms with Crippen molar-refractivity contribution in [3.63, 3.8) is 0 Å². The van der Waals surface area contributed by atoms with Gasteiger partial charge in [0.05, 0.1) is 18.6 Å². The molecule has 0 bridgehead atoms. The number of rotatable bonds is 9. The maximum atomic E-state index is 13.4. The van der Waals surface area contributed by atoms with E-state index in [9.17, 15) is 14.4 Å². The zero-order chi connectivity index (χ0) is 24.3. The second-order valence-corrected chi connectivity index (χ2v) is 15.5. The van der Waals surface area contributed by atoms with Gasteiger partial charge in [-0.25, -0.2) is 9.69 Å². The number of imide groups is 1. The number of ether oxygens (including phenoxy) is 1. The highest BCUT2D eigenvalue weighted by Crippen LogP contribution is 2.41. The molecule has 2 amide bonds. The van der Waals surface area contributed by atoms with Crippen LogP contribution in [0.15, 0.2) is 30.3 Å². The van der Waals surface area contributed by atoms with E-state index in [1.165, 1.54) is 4.90 Å². The molecule has 0 radical (unpaired) electrons. The lowest BCUT2D eigenvalue weighted by Crippen LogP contribution is -2.52. The molecule has 1 heterocycles. The summed E-state index contributed by atoms with van der Waals surface area (Å²) in [4.78, 5) is 39.9. The number of hydrogen-bond donors (Lipinski definition) is 0. The Morgan fingerprint density at radius 3 is 2.28 bits per heavy atom. The molecular weight excluding hydrogens is 422 g/mol. The Hall–Kier alpha value is -1.99. The van der Waals surface area contributed by atoms with Crippen LogP contribution in [0.3, 0.4) is 0 Å². The average molecular weight is 462 g/mol. The van der Waals surface area contributed by atoms with Gasteiger partial charge in [0.2, 0.25) is 5.91 Å². The van der Waals surface area contributed by atoms with E-state index >= 15 is 0 Å². The molecule has 7 heteroatoms. The zero-order valence-corrected chi connectivity index (χ0v) is 21.9. The van der Waals surface area contributed by atoms with E-state index in [0.29, 0.717) is 12.8 Å². The quantitative estimate of drug-likeness (QED) is 0.463. The molecular formula is C25H39NO5Si. The Balaban J connectivity index is 2.29. The van der Waals surface area contributed by atoms with E-state index < -0.39 is 25.9 Å². The summed E-state index contributed by atoms with van der Waals surface area (Å²) in [5.74, 6) is -0.312. The van der Waals surface area contributed by atoms with Crippen LogP contribution in [-0.2, 0) is 25.2 Å². The lowest BCUT2D eigenvalue weighted by molar-refractivity contribution is -0.137. The van der Waals surface area contributed by atoms with E-state index in [0.717, 1.165) is 5.56 Å². The van der Waals surface area contributed by atoms with Crippen LogP contribution in [0.4, 0.5) is 4.79 Å². The predicted octanol–water partition coefficient (Wildman–Crippen LogP) is 5.36. The third kappa shape index (κ3) is 5.87. The highest BCUT2D eigenvalue weighted by molar-refractivity contribution is 6.74. The fraction of sp³-hybridized carbons (Fsp3) is 0.640. The Morgan fingerprint density at radius 1 is 1.16 bits per heavy atom. The van der Waals surface area contributed by atoms with Gasteiger partial charge in [0.1, 0.15) is 12.4 Å². The Kier molecular flexibility index (Phi) is 8.10. The van der Waals surface area contributed by atoms with Gasteiger partial charge in [0, 0.05) is 11.8 Å². The molecule has 1 aromatic carbocycles. The minimum Gasteiger partial charge on any atom is -0.447 e. The summed E-state index contributed by atoms with van der Waals surface area (Å²) in [6.45, 7) is 16.3. The van der Waals surface area contributed by atoms with Crippen LogP contribution in [0, 0.1) is 5.41 Å². The molecule has 178 valence electrons. The molecule has 1 saturated heterocycles. The minimum atomic E-state index is -2.28. The van der Waals surface area contributed by atoms with Crippen molar-refractivity contribution in [2.24, 2.45) is 5.41 Å². The number of hydrogen-bond acceptors (Lipinski definition) is 5. The minimum absolute atomic E-state index is 0.0361. The van der Waals surface area contributed by atoms with Crippen molar-refractivity contribution in [3.8, 4) is 0 Å². The van der Waals surface area contributed by atoms with Crippen molar-refractivity contribution in [1.29, 1.82) is 0 Å². The Labute approximate surface area is 193 Å². The van der Waals surface area contributed by atoms with Crippen LogP contribution < -0.4 is 0 Å². The third-order valence-corrected chi connectivity index (χ3v) is 11.5. The number of benzene rings is 1. The van der Waals surface area contributed by atoms with Gasteiger partial charge in [-0.1, -0.05) is 71.9 Å². The summed E-state index contributed by atoms with van der Waals surface area (Å²) in [6, 6.07) is 9.37. The zero-order valence-electron chi connectivity index (χ0n) is 20.9. The Morgan fingerprint density at radius 2 is 1.75 bits per heavy atom. The van der Waals surface area contributed by atoms with Crippen molar-refractivity contribution < 1.29 is 23.5 Å². The first-order valence-electron chi connectivity index (χ1n) is 11.4. The van der Waals surface area contributed by atoms with E-state index in [4.69, 9.17) is 9.16 Å². The largest absolute Gasteiger partial charge is 0.447 e. The molecule has 0 N–H and O–H groups in total. The van der Waals surface area contributed by atoms with E-state index in [1.54, 1.807) is 0 Å². The van der Waals surface area contributed by atoms with Gasteiger partial charge < -0.3 is 9.16 Å². The van der Waals surface area contributed by atoms with Crippen LogP contribution >= 0.6 is 0 Å². The molecule has 0 unspecified atom stereocenters. The number of ketones is 1. The summed E-state index contributed by atoms with van der Waals surface area (Å²) in [7, 11) is -2.28. The van der Waals surface area contributed by atoms with Gasteiger partial charge in [-0.15, -0.1) is 0 Å². The normalized spacial score (nSPS) is 18.4. The maximum Gasteiger partial charge on any atom is 0.416 e. The smallest absolute Gasteiger partial charge is 0.416 e. The van der Waals surface area contributed by atoms with Crippen LogP contribution in [0.5, 0.6) is 0 Å². The monoisotopic (exact) mass is 461 g/mol. The van der Waals surface area contributed by atoms with Gasteiger partial charge in [-0.2, -0.15) is 0 Å². The third-order valence-electron chi connectivity index (χ3n) is 6.99. The predicted molar refractivity (Wildman–Crippen MR) is 128 cm³/mol. The number of cyclic esters (lactones) is 1. The van der Waals surface area contributed by atoms with Crippen LogP contribution in [-0.4, -0.2) is 49.8 Å². The lowest BCUT2D eigenvalue weighted by Gasteiger charge is -2.43. The summed E-state index contributed by atoms with van der Waals surface area (Å²) in [5, 5.41) is -0.0813. The van der Waals surface area contributed by atoms with Gasteiger partial charge in [0.15, 0.2) is 8.32 Å². The average Bonchev–Trinajstić information content (AvgIpc) is 3.06. The maximum absolute atomic E-state index is 13.4. The molecule has 2 atom stereocenters. The van der Waals surface area contributed by atoms with Gasteiger partial charge >= 0.3 is 6.09 Å². The van der Waals surface area contributed by atoms with Crippen molar-refractivity contribution in [2.75, 3.05) is 6.61 Å². The molecule has 1 aliphatic rings. The standard InChI is InChI=1S/C25H39NO5Si/c1-9-20(27)25(5,6)21(31-32(7,8)24(2,3)4)16-22(28)26-19(17-30-23(26)29)15-18-13-11-10-12-14-18/h10-14,19,21H,9,15-17H2,1-8H3/t19-,21+/m1/s1. The fourth-order valence-electron chi connectivity index (χ4n) is 3.67. The summed E-state index contributed by atoms with van der Waals surface area (Å²) < 4.78 is 11.9. The number of amides is 2. The SMILES string of the molecule is CCC(=O)C(C)(C)[C@H](CC(=O)N1C(=O)OC[C@H]1Cc1ccccc1)O[Si](C)(C)C(C)(C)C. The van der Waals surface area contributed by atoms with Gasteiger partial charge in [-0.3, -0.25) is 9.59 Å². The van der Waals surface area contributed by atoms with Crippen LogP contribution in [0.2, 0.25) is 18.1 Å². The molecule has 0 aromatic heterocycles. The van der Waals surface area contributed by atoms with E-state index in [1.807, 2.05) is 51.1 Å².